The van der Waals surface area contributed by atoms with Crippen LogP contribution in [0.15, 0.2) is 17.0 Å². The van der Waals surface area contributed by atoms with Crippen molar-refractivity contribution < 1.29 is 14.6 Å². The summed E-state index contributed by atoms with van der Waals surface area (Å²) in [5.41, 5.74) is 1.05. The molecule has 3 nitrogen and oxygen atoms in total. The minimum atomic E-state index is -0.899. The number of thioether (sulfide) groups is 1. The maximum absolute atomic E-state index is 10.8. The lowest BCUT2D eigenvalue weighted by Gasteiger charge is -2.19. The molecule has 1 heterocycles. The second-order valence-corrected chi connectivity index (χ2v) is 4.20. The number of hydrogen-bond acceptors (Lipinski definition) is 3. The molecule has 0 amide bonds. The highest BCUT2D eigenvalue weighted by Crippen LogP contribution is 2.37. The van der Waals surface area contributed by atoms with Gasteiger partial charge in [0.2, 0.25) is 0 Å². The van der Waals surface area contributed by atoms with Crippen LogP contribution >= 0.6 is 11.8 Å². The largest absolute Gasteiger partial charge is 0.491 e. The van der Waals surface area contributed by atoms with E-state index < -0.39 is 5.97 Å². The molecule has 1 aliphatic rings. The van der Waals surface area contributed by atoms with Crippen molar-refractivity contribution in [3.63, 3.8) is 0 Å². The van der Waals surface area contributed by atoms with E-state index >= 15 is 0 Å². The molecule has 0 saturated carbocycles. The minimum absolute atomic E-state index is 0.325. The van der Waals surface area contributed by atoms with Crippen molar-refractivity contribution in [1.29, 1.82) is 0 Å². The third-order valence-corrected chi connectivity index (χ3v) is 3.19. The SMILES string of the molecule is Cc1c(C(=O)O)ccc2c1OCCS2. The van der Waals surface area contributed by atoms with Crippen LogP contribution in [0, 0.1) is 6.92 Å². The summed E-state index contributed by atoms with van der Waals surface area (Å²) in [6.07, 6.45) is 0. The quantitative estimate of drug-likeness (QED) is 0.771. The Morgan fingerprint density at radius 3 is 3.07 bits per heavy atom. The Morgan fingerprint density at radius 1 is 1.57 bits per heavy atom. The lowest BCUT2D eigenvalue weighted by molar-refractivity contribution is 0.0695. The van der Waals surface area contributed by atoms with Gasteiger partial charge in [-0.2, -0.15) is 0 Å². The Hall–Kier alpha value is -1.16. The second kappa shape index (κ2) is 3.53. The van der Waals surface area contributed by atoms with Gasteiger partial charge in [-0.25, -0.2) is 4.79 Å². The van der Waals surface area contributed by atoms with Crippen LogP contribution in [-0.4, -0.2) is 23.4 Å². The molecule has 1 N–H and O–H groups in total. The highest BCUT2D eigenvalue weighted by atomic mass is 32.2. The van der Waals surface area contributed by atoms with E-state index in [0.29, 0.717) is 12.2 Å². The Kier molecular flexibility index (Phi) is 2.37. The van der Waals surface area contributed by atoms with E-state index in [1.54, 1.807) is 24.8 Å². The van der Waals surface area contributed by atoms with Crippen LogP contribution in [0.1, 0.15) is 15.9 Å². The van der Waals surface area contributed by atoms with Crippen molar-refractivity contribution in [2.45, 2.75) is 11.8 Å². The Bertz CT molecular complexity index is 387. The topological polar surface area (TPSA) is 46.5 Å². The van der Waals surface area contributed by atoms with E-state index in [2.05, 4.69) is 0 Å². The summed E-state index contributed by atoms with van der Waals surface area (Å²) in [4.78, 5) is 11.9. The molecule has 0 spiro atoms. The molecule has 1 aromatic carbocycles. The fraction of sp³-hybridized carbons (Fsp3) is 0.300. The molecular formula is C10H10O3S. The first kappa shape index (κ1) is 9.40. The number of benzene rings is 1. The Balaban J connectivity index is 2.54. The van der Waals surface area contributed by atoms with E-state index in [4.69, 9.17) is 9.84 Å². The van der Waals surface area contributed by atoms with E-state index in [0.717, 1.165) is 22.0 Å². The number of carboxylic acids is 1. The maximum Gasteiger partial charge on any atom is 0.336 e. The Labute approximate surface area is 86.1 Å². The molecule has 2 rings (SSSR count). The summed E-state index contributed by atoms with van der Waals surface area (Å²) >= 11 is 1.71. The number of fused-ring (bicyclic) bond motifs is 1. The molecule has 4 heteroatoms. The van der Waals surface area contributed by atoms with Gasteiger partial charge in [0.1, 0.15) is 5.75 Å². The predicted octanol–water partition coefficient (Wildman–Crippen LogP) is 2.18. The summed E-state index contributed by atoms with van der Waals surface area (Å²) in [6, 6.07) is 3.45. The van der Waals surface area contributed by atoms with Crippen LogP contribution in [0.25, 0.3) is 0 Å². The van der Waals surface area contributed by atoms with E-state index in [1.165, 1.54) is 0 Å². The van der Waals surface area contributed by atoms with Crippen molar-refractivity contribution in [3.05, 3.63) is 23.3 Å². The van der Waals surface area contributed by atoms with Crippen molar-refractivity contribution in [3.8, 4) is 5.75 Å². The fourth-order valence-corrected chi connectivity index (χ4v) is 2.38. The molecule has 0 aromatic heterocycles. The number of aromatic carboxylic acids is 1. The van der Waals surface area contributed by atoms with Gasteiger partial charge in [0, 0.05) is 16.2 Å². The lowest BCUT2D eigenvalue weighted by atomic mass is 10.1. The van der Waals surface area contributed by atoms with Crippen LogP contribution < -0.4 is 4.74 Å². The van der Waals surface area contributed by atoms with E-state index in [-0.39, 0.29) is 0 Å². The zero-order valence-corrected chi connectivity index (χ0v) is 8.56. The van der Waals surface area contributed by atoms with Crippen molar-refractivity contribution in [1.82, 2.24) is 0 Å². The van der Waals surface area contributed by atoms with Crippen LogP contribution in [0.5, 0.6) is 5.75 Å². The van der Waals surface area contributed by atoms with Gasteiger partial charge < -0.3 is 9.84 Å². The summed E-state index contributed by atoms with van der Waals surface area (Å²) in [5.74, 6) is 0.768. The van der Waals surface area contributed by atoms with Gasteiger partial charge in [0.05, 0.1) is 12.2 Å². The molecule has 74 valence electrons. The average Bonchev–Trinajstić information content (AvgIpc) is 2.18. The lowest BCUT2D eigenvalue weighted by Crippen LogP contribution is -2.10. The minimum Gasteiger partial charge on any atom is -0.491 e. The number of hydrogen-bond donors (Lipinski definition) is 1. The molecule has 0 unspecified atom stereocenters. The van der Waals surface area contributed by atoms with Crippen LogP contribution in [0.2, 0.25) is 0 Å². The molecular weight excluding hydrogens is 200 g/mol. The third-order valence-electron chi connectivity index (χ3n) is 2.19. The van der Waals surface area contributed by atoms with Crippen LogP contribution in [-0.2, 0) is 0 Å². The van der Waals surface area contributed by atoms with E-state index in [1.807, 2.05) is 6.07 Å². The molecule has 0 radical (unpaired) electrons. The third kappa shape index (κ3) is 1.46. The number of ether oxygens (including phenoxy) is 1. The highest BCUT2D eigenvalue weighted by molar-refractivity contribution is 7.99. The van der Waals surface area contributed by atoms with Crippen LogP contribution in [0.3, 0.4) is 0 Å². The zero-order valence-electron chi connectivity index (χ0n) is 7.74. The average molecular weight is 210 g/mol. The second-order valence-electron chi connectivity index (χ2n) is 3.07. The summed E-state index contributed by atoms with van der Waals surface area (Å²) in [7, 11) is 0. The molecule has 1 aliphatic heterocycles. The summed E-state index contributed by atoms with van der Waals surface area (Å²) in [5, 5.41) is 8.90. The first-order valence-corrected chi connectivity index (χ1v) is 5.31. The Morgan fingerprint density at radius 2 is 2.36 bits per heavy atom. The smallest absolute Gasteiger partial charge is 0.336 e. The number of carbonyl (C=O) groups is 1. The normalized spacial score (nSPS) is 14.4. The number of carboxylic acid groups (broad SMARTS) is 1. The highest BCUT2D eigenvalue weighted by Gasteiger charge is 2.18. The standard InChI is InChI=1S/C10H10O3S/c1-6-7(10(11)12)2-3-8-9(6)13-4-5-14-8/h2-3H,4-5H2,1H3,(H,11,12). The molecule has 14 heavy (non-hydrogen) atoms. The van der Waals surface area contributed by atoms with Crippen molar-refractivity contribution in [2.75, 3.05) is 12.4 Å². The monoisotopic (exact) mass is 210 g/mol. The first-order valence-electron chi connectivity index (χ1n) is 4.32. The molecule has 0 atom stereocenters. The van der Waals surface area contributed by atoms with Gasteiger partial charge >= 0.3 is 5.97 Å². The molecule has 0 fully saturated rings. The molecule has 0 aliphatic carbocycles. The van der Waals surface area contributed by atoms with Gasteiger partial charge in [-0.3, -0.25) is 0 Å². The van der Waals surface area contributed by atoms with Gasteiger partial charge in [-0.1, -0.05) is 0 Å². The molecule has 0 bridgehead atoms. The number of rotatable bonds is 1. The van der Waals surface area contributed by atoms with Crippen molar-refractivity contribution in [2.24, 2.45) is 0 Å². The summed E-state index contributed by atoms with van der Waals surface area (Å²) < 4.78 is 5.46. The van der Waals surface area contributed by atoms with Crippen molar-refractivity contribution >= 4 is 17.7 Å². The predicted molar refractivity (Wildman–Crippen MR) is 54.4 cm³/mol. The summed E-state index contributed by atoms with van der Waals surface area (Å²) in [6.45, 7) is 2.44. The van der Waals surface area contributed by atoms with Gasteiger partial charge in [-0.15, -0.1) is 11.8 Å². The van der Waals surface area contributed by atoms with Gasteiger partial charge in [0.15, 0.2) is 0 Å². The first-order chi connectivity index (χ1) is 6.70. The zero-order chi connectivity index (χ0) is 10.1. The van der Waals surface area contributed by atoms with E-state index in [9.17, 15) is 4.79 Å². The molecule has 0 saturated heterocycles. The van der Waals surface area contributed by atoms with Gasteiger partial charge in [0.25, 0.3) is 0 Å². The molecule has 1 aromatic rings. The van der Waals surface area contributed by atoms with Crippen LogP contribution in [0.4, 0.5) is 0 Å². The van der Waals surface area contributed by atoms with Gasteiger partial charge in [-0.05, 0) is 19.1 Å². The fourth-order valence-electron chi connectivity index (χ4n) is 1.49. The maximum atomic E-state index is 10.8.